The summed E-state index contributed by atoms with van der Waals surface area (Å²) in [5.74, 6) is 0.0435. The summed E-state index contributed by atoms with van der Waals surface area (Å²) in [6.07, 6.45) is 3.91. The Morgan fingerprint density at radius 1 is 1.26 bits per heavy atom. The van der Waals surface area contributed by atoms with Crippen LogP contribution in [0.15, 0.2) is 24.3 Å². The summed E-state index contributed by atoms with van der Waals surface area (Å²) in [4.78, 5) is 14.7. The average Bonchev–Trinajstić information content (AvgIpc) is 3.23. The number of aromatic nitrogens is 2. The Kier molecular flexibility index (Phi) is 3.45. The second-order valence-electron chi connectivity index (χ2n) is 6.67. The fourth-order valence-electron chi connectivity index (χ4n) is 3.63. The molecule has 1 saturated heterocycles. The number of hydrogen-bond acceptors (Lipinski definition) is 3. The van der Waals surface area contributed by atoms with Gasteiger partial charge in [-0.3, -0.25) is 4.79 Å². The van der Waals surface area contributed by atoms with Gasteiger partial charge in [-0.2, -0.15) is 5.10 Å². The molecule has 1 atom stereocenters. The number of carbonyl (C=O) groups is 1. The first-order valence-electron chi connectivity index (χ1n) is 8.36. The minimum Gasteiger partial charge on any atom is -0.336 e. The predicted octanol–water partition coefficient (Wildman–Crippen LogP) is 1.84. The molecule has 1 aliphatic heterocycles. The normalized spacial score (nSPS) is 20.1. The van der Waals surface area contributed by atoms with E-state index in [-0.39, 0.29) is 11.9 Å². The van der Waals surface area contributed by atoms with Crippen LogP contribution in [-0.2, 0) is 12.8 Å². The van der Waals surface area contributed by atoms with Gasteiger partial charge in [0.2, 0.25) is 0 Å². The van der Waals surface area contributed by atoms with Crippen LogP contribution in [-0.4, -0.2) is 39.7 Å². The number of benzene rings is 1. The molecular formula is C18H22N4O. The highest BCUT2D eigenvalue weighted by Gasteiger charge is 2.32. The fourth-order valence-corrected chi connectivity index (χ4v) is 3.63. The third kappa shape index (κ3) is 2.45. The van der Waals surface area contributed by atoms with Crippen LogP contribution in [0.3, 0.4) is 0 Å². The average molecular weight is 310 g/mol. The molecule has 4 rings (SSSR count). The van der Waals surface area contributed by atoms with Gasteiger partial charge in [0.05, 0.1) is 5.69 Å². The van der Waals surface area contributed by atoms with Gasteiger partial charge < -0.3 is 10.6 Å². The molecule has 0 radical (unpaired) electrons. The van der Waals surface area contributed by atoms with Gasteiger partial charge in [0.25, 0.3) is 5.91 Å². The van der Waals surface area contributed by atoms with Gasteiger partial charge in [0.15, 0.2) is 5.69 Å². The van der Waals surface area contributed by atoms with Crippen molar-refractivity contribution in [3.8, 4) is 5.69 Å². The Morgan fingerprint density at radius 2 is 2.04 bits per heavy atom. The van der Waals surface area contributed by atoms with E-state index in [9.17, 15) is 4.79 Å². The van der Waals surface area contributed by atoms with Crippen molar-refractivity contribution in [2.45, 2.75) is 38.6 Å². The van der Waals surface area contributed by atoms with Crippen molar-refractivity contribution in [2.75, 3.05) is 13.1 Å². The van der Waals surface area contributed by atoms with Crippen molar-refractivity contribution < 1.29 is 4.79 Å². The first kappa shape index (κ1) is 14.5. The summed E-state index contributed by atoms with van der Waals surface area (Å²) < 4.78 is 1.96. The molecule has 120 valence electrons. The number of aryl methyl sites for hydroxylation is 1. The van der Waals surface area contributed by atoms with Gasteiger partial charge >= 0.3 is 0 Å². The molecule has 0 spiro atoms. The Hall–Kier alpha value is -2.14. The number of carbonyl (C=O) groups excluding carboxylic acids is 1. The van der Waals surface area contributed by atoms with Crippen molar-refractivity contribution >= 4 is 5.91 Å². The smallest absolute Gasteiger partial charge is 0.274 e. The lowest BCUT2D eigenvalue weighted by atomic mass is 10.2. The minimum absolute atomic E-state index is 0.0435. The number of rotatable bonds is 2. The Balaban J connectivity index is 1.73. The molecule has 0 saturated carbocycles. The SMILES string of the molecule is Cc1ccc(-n2nc(C(=O)N3CC[C@@H](N)C3)c3c2CCC3)cc1. The van der Waals surface area contributed by atoms with Crippen molar-refractivity contribution in [1.82, 2.24) is 14.7 Å². The van der Waals surface area contributed by atoms with Crippen molar-refractivity contribution in [3.05, 3.63) is 46.8 Å². The van der Waals surface area contributed by atoms with E-state index in [1.165, 1.54) is 11.3 Å². The molecule has 2 heterocycles. The van der Waals surface area contributed by atoms with Gasteiger partial charge in [-0.25, -0.2) is 4.68 Å². The molecule has 2 N–H and O–H groups in total. The van der Waals surface area contributed by atoms with Crippen molar-refractivity contribution in [1.29, 1.82) is 0 Å². The number of hydrogen-bond donors (Lipinski definition) is 1. The molecule has 23 heavy (non-hydrogen) atoms. The maximum Gasteiger partial charge on any atom is 0.274 e. The summed E-state index contributed by atoms with van der Waals surface area (Å²) in [6, 6.07) is 8.41. The maximum atomic E-state index is 12.8. The van der Waals surface area contributed by atoms with Gasteiger partial charge in [0.1, 0.15) is 0 Å². The molecule has 1 aromatic carbocycles. The number of nitrogens with two attached hydrogens (primary N) is 1. The third-order valence-corrected chi connectivity index (χ3v) is 4.92. The lowest BCUT2D eigenvalue weighted by molar-refractivity contribution is 0.0783. The lowest BCUT2D eigenvalue weighted by Crippen LogP contribution is -2.32. The van der Waals surface area contributed by atoms with E-state index in [0.29, 0.717) is 12.2 Å². The van der Waals surface area contributed by atoms with E-state index < -0.39 is 0 Å². The molecule has 0 unspecified atom stereocenters. The van der Waals surface area contributed by atoms with E-state index in [1.54, 1.807) is 0 Å². The highest BCUT2D eigenvalue weighted by Crippen LogP contribution is 2.29. The Bertz CT molecular complexity index is 747. The van der Waals surface area contributed by atoms with Gasteiger partial charge in [-0.05, 0) is 44.7 Å². The summed E-state index contributed by atoms with van der Waals surface area (Å²) in [5, 5.41) is 4.69. The first-order chi connectivity index (χ1) is 11.1. The molecule has 2 aliphatic rings. The quantitative estimate of drug-likeness (QED) is 0.920. The van der Waals surface area contributed by atoms with E-state index in [1.807, 2.05) is 9.58 Å². The van der Waals surface area contributed by atoms with E-state index >= 15 is 0 Å². The maximum absolute atomic E-state index is 12.8. The zero-order valence-electron chi connectivity index (χ0n) is 13.5. The summed E-state index contributed by atoms with van der Waals surface area (Å²) in [7, 11) is 0. The molecule has 1 aromatic heterocycles. The summed E-state index contributed by atoms with van der Waals surface area (Å²) >= 11 is 0. The molecular weight excluding hydrogens is 288 g/mol. The third-order valence-electron chi connectivity index (χ3n) is 4.92. The number of likely N-dealkylation sites (tertiary alicyclic amines) is 1. The van der Waals surface area contributed by atoms with Crippen LogP contribution in [0.2, 0.25) is 0 Å². The molecule has 5 nitrogen and oxygen atoms in total. The predicted molar refractivity (Wildman–Crippen MR) is 88.8 cm³/mol. The van der Waals surface area contributed by atoms with Crippen LogP contribution in [0.5, 0.6) is 0 Å². The van der Waals surface area contributed by atoms with Gasteiger partial charge in [0, 0.05) is 30.4 Å². The largest absolute Gasteiger partial charge is 0.336 e. The van der Waals surface area contributed by atoms with Crippen LogP contribution in [0, 0.1) is 6.92 Å². The standard InChI is InChI=1S/C18H22N4O/c1-12-5-7-14(8-6-12)22-16-4-2-3-15(16)17(20-22)18(23)21-10-9-13(19)11-21/h5-8,13H,2-4,9-11,19H2,1H3/t13-/m1/s1. The highest BCUT2D eigenvalue weighted by atomic mass is 16.2. The van der Waals surface area contributed by atoms with Crippen LogP contribution >= 0.6 is 0 Å². The summed E-state index contributed by atoms with van der Waals surface area (Å²) in [5.41, 5.74) is 11.2. The van der Waals surface area contributed by atoms with E-state index in [0.717, 1.165) is 43.5 Å². The van der Waals surface area contributed by atoms with Crippen LogP contribution in [0.1, 0.15) is 40.2 Å². The van der Waals surface area contributed by atoms with Crippen LogP contribution < -0.4 is 5.73 Å². The molecule has 5 heteroatoms. The van der Waals surface area contributed by atoms with Crippen molar-refractivity contribution in [3.63, 3.8) is 0 Å². The number of amides is 1. The van der Waals surface area contributed by atoms with Crippen molar-refractivity contribution in [2.24, 2.45) is 5.73 Å². The topological polar surface area (TPSA) is 64.2 Å². The molecule has 2 aromatic rings. The zero-order chi connectivity index (χ0) is 16.0. The number of fused-ring (bicyclic) bond motifs is 1. The molecule has 1 aliphatic carbocycles. The molecule has 1 amide bonds. The van der Waals surface area contributed by atoms with Crippen LogP contribution in [0.25, 0.3) is 5.69 Å². The van der Waals surface area contributed by atoms with Crippen LogP contribution in [0.4, 0.5) is 0 Å². The monoisotopic (exact) mass is 310 g/mol. The van der Waals surface area contributed by atoms with Gasteiger partial charge in [-0.15, -0.1) is 0 Å². The second kappa shape index (κ2) is 5.49. The van der Waals surface area contributed by atoms with Gasteiger partial charge in [-0.1, -0.05) is 17.7 Å². The Morgan fingerprint density at radius 3 is 2.74 bits per heavy atom. The first-order valence-corrected chi connectivity index (χ1v) is 8.36. The lowest BCUT2D eigenvalue weighted by Gasteiger charge is -2.14. The fraction of sp³-hybridized carbons (Fsp3) is 0.444. The van der Waals surface area contributed by atoms with E-state index in [4.69, 9.17) is 5.73 Å². The summed E-state index contributed by atoms with van der Waals surface area (Å²) in [6.45, 7) is 3.46. The zero-order valence-corrected chi connectivity index (χ0v) is 13.5. The highest BCUT2D eigenvalue weighted by molar-refractivity contribution is 5.94. The Labute approximate surface area is 136 Å². The minimum atomic E-state index is 0.0435. The second-order valence-corrected chi connectivity index (χ2v) is 6.67. The molecule has 0 bridgehead atoms. The number of nitrogens with zero attached hydrogens (tertiary/aromatic N) is 3. The van der Waals surface area contributed by atoms with E-state index in [2.05, 4.69) is 36.3 Å². The molecule has 1 fully saturated rings.